The molecule has 1 saturated heterocycles. The van der Waals surface area contributed by atoms with Crippen LogP contribution in [0.2, 0.25) is 0 Å². The minimum atomic E-state index is -3.87. The minimum Gasteiger partial charge on any atom is -0.440 e. The molecule has 1 amide bonds. The van der Waals surface area contributed by atoms with Gasteiger partial charge in [-0.3, -0.25) is 8.98 Å². The quantitative estimate of drug-likeness (QED) is 0.278. The van der Waals surface area contributed by atoms with E-state index in [0.29, 0.717) is 20.6 Å². The monoisotopic (exact) mass is 389 g/mol. The van der Waals surface area contributed by atoms with Crippen LogP contribution in [-0.4, -0.2) is 56.1 Å². The van der Waals surface area contributed by atoms with Crippen LogP contribution in [0.4, 0.5) is 4.79 Å². The molecule has 0 bridgehead atoms. The smallest absolute Gasteiger partial charge is 0.397 e. The highest BCUT2D eigenvalue weighted by atomic mass is 32.2. The molecule has 1 aromatic carbocycles. The fourth-order valence-corrected chi connectivity index (χ4v) is 4.37. The second-order valence-electron chi connectivity index (χ2n) is 5.45. The minimum absolute atomic E-state index is 0.0347. The Hall–Kier alpha value is -0.635. The summed E-state index contributed by atoms with van der Waals surface area (Å²) in [5, 5.41) is 8.58. The zero-order chi connectivity index (χ0) is 17.7. The third-order valence-corrected chi connectivity index (χ3v) is 6.07. The van der Waals surface area contributed by atoms with E-state index in [1.54, 1.807) is 12.1 Å². The van der Waals surface area contributed by atoms with Gasteiger partial charge in [0.25, 0.3) is 15.8 Å². The molecule has 1 fully saturated rings. The van der Waals surface area contributed by atoms with Crippen molar-refractivity contribution in [3.8, 4) is 0 Å². The van der Waals surface area contributed by atoms with Crippen molar-refractivity contribution < 1.29 is 22.4 Å². The Morgan fingerprint density at radius 2 is 2.17 bits per heavy atom. The normalized spacial score (nSPS) is 21.5. The number of hydrogen-bond donors (Lipinski definition) is 3. The Morgan fingerprint density at radius 3 is 2.79 bits per heavy atom. The zero-order valence-corrected chi connectivity index (χ0v) is 15.8. The fraction of sp³-hybridized carbons (Fsp3) is 0.462. The number of carbonyl (C=O) groups excluding carboxylic acids is 1. The zero-order valence-electron chi connectivity index (χ0n) is 13.0. The van der Waals surface area contributed by atoms with Gasteiger partial charge in [-0.05, 0) is 25.5 Å². The lowest BCUT2D eigenvalue weighted by Crippen LogP contribution is -2.37. The molecule has 11 heteroatoms. The van der Waals surface area contributed by atoms with Gasteiger partial charge in [0, 0.05) is 20.5 Å². The number of aryl methyl sites for hydroxylation is 1. The molecular weight excluding hydrogens is 370 g/mol. The largest absolute Gasteiger partial charge is 0.440 e. The summed E-state index contributed by atoms with van der Waals surface area (Å²) in [5.74, 6) is 0. The number of nitrogens with one attached hydrogen (secondary N) is 1. The molecule has 1 unspecified atom stereocenters. The molecule has 1 aliphatic heterocycles. The van der Waals surface area contributed by atoms with Crippen molar-refractivity contribution in [3.63, 3.8) is 0 Å². The van der Waals surface area contributed by atoms with E-state index in [-0.39, 0.29) is 37.2 Å². The summed E-state index contributed by atoms with van der Waals surface area (Å²) in [6.45, 7) is 2.16. The first-order valence-corrected chi connectivity index (χ1v) is 10.2. The number of nitrogens with zero attached hydrogens (tertiary/aromatic N) is 1. The van der Waals surface area contributed by atoms with Crippen LogP contribution in [0, 0.1) is 6.92 Å². The van der Waals surface area contributed by atoms with E-state index < -0.39 is 10.1 Å². The van der Waals surface area contributed by atoms with Crippen LogP contribution >= 0.6 is 21.4 Å². The Morgan fingerprint density at radius 1 is 1.50 bits per heavy atom. The molecular formula is C13H19BN2O5PS2. The number of rotatable bonds is 7. The van der Waals surface area contributed by atoms with Gasteiger partial charge in [0.1, 0.15) is 0 Å². The predicted molar refractivity (Wildman–Crippen MR) is 97.0 cm³/mol. The van der Waals surface area contributed by atoms with Gasteiger partial charge in [0.15, 0.2) is 0 Å². The Balaban J connectivity index is 2.00. The maximum Gasteiger partial charge on any atom is 0.397 e. The molecule has 0 spiro atoms. The molecule has 131 valence electrons. The van der Waals surface area contributed by atoms with Crippen LogP contribution in [0.1, 0.15) is 12.0 Å². The average Bonchev–Trinajstić information content (AvgIpc) is 2.92. The molecule has 2 rings (SSSR count). The van der Waals surface area contributed by atoms with Crippen molar-refractivity contribution >= 4 is 44.7 Å². The van der Waals surface area contributed by atoms with Crippen molar-refractivity contribution in [2.75, 3.05) is 13.2 Å². The molecule has 1 heterocycles. The van der Waals surface area contributed by atoms with Crippen LogP contribution in [0.3, 0.4) is 0 Å². The second-order valence-corrected chi connectivity index (χ2v) is 8.76. The highest BCUT2D eigenvalue weighted by molar-refractivity contribution is 7.86. The summed E-state index contributed by atoms with van der Waals surface area (Å²) in [6.07, 6.45) is 0.547. The number of thiol groups is 1. The maximum atomic E-state index is 12.2. The van der Waals surface area contributed by atoms with Crippen LogP contribution in [0.25, 0.3) is 0 Å². The van der Waals surface area contributed by atoms with E-state index in [4.69, 9.17) is 9.21 Å². The van der Waals surface area contributed by atoms with Crippen LogP contribution in [0.15, 0.2) is 29.2 Å². The van der Waals surface area contributed by atoms with E-state index in [1.807, 2.05) is 6.92 Å². The molecule has 1 aliphatic rings. The van der Waals surface area contributed by atoms with Crippen molar-refractivity contribution in [2.24, 2.45) is 0 Å². The van der Waals surface area contributed by atoms with Crippen molar-refractivity contribution in [3.05, 3.63) is 29.8 Å². The number of benzene rings is 1. The number of carbonyl (C=O) groups is 1. The van der Waals surface area contributed by atoms with Crippen molar-refractivity contribution in [2.45, 2.75) is 29.5 Å². The summed E-state index contributed by atoms with van der Waals surface area (Å²) in [7, 11) is -3.49. The summed E-state index contributed by atoms with van der Waals surface area (Å²) in [5.41, 5.74) is 0.729. The summed E-state index contributed by atoms with van der Waals surface area (Å²) >= 11 is 4.37. The second kappa shape index (κ2) is 8.64. The Bertz CT molecular complexity index is 673. The van der Waals surface area contributed by atoms with E-state index in [1.165, 1.54) is 17.0 Å². The van der Waals surface area contributed by atoms with Gasteiger partial charge < -0.3 is 14.9 Å². The standard InChI is InChI=1S/C13H19BN2O5PS2/c1-9-2-4-12(5-3-9)24(19,20)21-8-10-6-11(23)7-16(10)13(17)22-15-14-18/h2-5,10-11,15,18,22-23H,6-8H2,1H3/t10-,11-/m0/s1. The number of hydrogen-bond acceptors (Lipinski definition) is 7. The maximum absolute atomic E-state index is 12.2. The molecule has 1 radical (unpaired) electrons. The molecule has 7 nitrogen and oxygen atoms in total. The molecule has 1 aromatic rings. The number of likely N-dealkylation sites (tertiary alicyclic amines) is 1. The molecule has 24 heavy (non-hydrogen) atoms. The van der Waals surface area contributed by atoms with Gasteiger partial charge in [0.05, 0.1) is 17.5 Å². The lowest BCUT2D eigenvalue weighted by molar-refractivity contribution is 0.186. The average molecular weight is 389 g/mol. The van der Waals surface area contributed by atoms with Gasteiger partial charge in [0.2, 0.25) is 0 Å². The third-order valence-electron chi connectivity index (χ3n) is 3.62. The summed E-state index contributed by atoms with van der Waals surface area (Å²) < 4.78 is 29.6. The SMILES string of the molecule is Cc1ccc(S(=O)(=O)OC[C@@H]2C[C@H](S)CN2C(=O)PN[B]O)cc1. The predicted octanol–water partition coefficient (Wildman–Crippen LogP) is 0.903. The summed E-state index contributed by atoms with van der Waals surface area (Å²) in [6, 6.07) is 6.01. The van der Waals surface area contributed by atoms with E-state index in [9.17, 15) is 13.2 Å². The van der Waals surface area contributed by atoms with Crippen LogP contribution in [-0.2, 0) is 14.3 Å². The molecule has 0 saturated carbocycles. The van der Waals surface area contributed by atoms with Gasteiger partial charge in [-0.2, -0.15) is 21.0 Å². The van der Waals surface area contributed by atoms with E-state index in [2.05, 4.69) is 17.6 Å². The third kappa shape index (κ3) is 5.18. The first kappa shape index (κ1) is 19.7. The first-order valence-electron chi connectivity index (χ1n) is 7.25. The van der Waals surface area contributed by atoms with Gasteiger partial charge >= 0.3 is 7.62 Å². The summed E-state index contributed by atoms with van der Waals surface area (Å²) in [4.78, 5) is 16.2. The van der Waals surface area contributed by atoms with Crippen LogP contribution in [0.5, 0.6) is 0 Å². The topological polar surface area (TPSA) is 95.9 Å². The van der Waals surface area contributed by atoms with E-state index in [0.717, 1.165) is 5.56 Å². The lowest BCUT2D eigenvalue weighted by atomic mass is 10.2. The highest BCUT2D eigenvalue weighted by Gasteiger charge is 2.34. The lowest BCUT2D eigenvalue weighted by Gasteiger charge is -2.24. The molecule has 0 aliphatic carbocycles. The van der Waals surface area contributed by atoms with Gasteiger partial charge in [-0.25, -0.2) is 0 Å². The van der Waals surface area contributed by atoms with Gasteiger partial charge in [-0.1, -0.05) is 17.7 Å². The molecule has 3 atom stereocenters. The van der Waals surface area contributed by atoms with Crippen molar-refractivity contribution in [1.29, 1.82) is 0 Å². The van der Waals surface area contributed by atoms with Crippen LogP contribution < -0.4 is 5.00 Å². The molecule has 0 aromatic heterocycles. The Labute approximate surface area is 149 Å². The first-order chi connectivity index (χ1) is 11.3. The Kier molecular flexibility index (Phi) is 7.09. The van der Waals surface area contributed by atoms with E-state index >= 15 is 0 Å². The van der Waals surface area contributed by atoms with Crippen molar-refractivity contribution in [1.82, 2.24) is 9.90 Å². The van der Waals surface area contributed by atoms with Gasteiger partial charge in [-0.15, -0.1) is 0 Å². The molecule has 2 N–H and O–H groups in total. The fourth-order valence-electron chi connectivity index (χ4n) is 2.41. The number of amides is 1. The highest BCUT2D eigenvalue weighted by Crippen LogP contribution is 2.27.